The molecule has 0 radical (unpaired) electrons. The van der Waals surface area contributed by atoms with E-state index in [0.717, 1.165) is 10.2 Å². The Balaban J connectivity index is 1.81. The number of phenols is 1. The molecule has 0 fully saturated rings. The molecule has 0 saturated carbocycles. The van der Waals surface area contributed by atoms with E-state index < -0.39 is 0 Å². The Hall–Kier alpha value is -2.45. The van der Waals surface area contributed by atoms with Gasteiger partial charge in [0.05, 0.1) is 6.21 Å². The molecule has 0 spiro atoms. The van der Waals surface area contributed by atoms with E-state index in [-0.39, 0.29) is 12.4 Å². The Bertz CT molecular complexity index is 921. The van der Waals surface area contributed by atoms with E-state index in [0.29, 0.717) is 16.2 Å². The number of aromatic hydroxyl groups is 1. The second-order valence-corrected chi connectivity index (χ2v) is 6.11. The smallest absolute Gasteiger partial charge is 0.216 e. The first-order chi connectivity index (χ1) is 11.6. The van der Waals surface area contributed by atoms with Gasteiger partial charge in [0.15, 0.2) is 5.82 Å². The lowest BCUT2D eigenvalue weighted by molar-refractivity contribution is 0.290. The number of hydrogen-bond acceptors (Lipinski definition) is 5. The third-order valence-corrected chi connectivity index (χ3v) is 3.89. The minimum absolute atomic E-state index is 0.124. The number of benzene rings is 2. The fraction of sp³-hybridized carbons (Fsp3) is 0.0625. The molecule has 0 unspecified atom stereocenters. The standard InChI is InChI=1S/C16H13BrN4O2S/c17-12-6-7-14(22)11(8-12)9-18-21-15(19-20-16(21)24)10-23-13-4-2-1-3-5-13/h1-9,22H,10H2,(H,20,24)/b18-9+. The number of hydrogen-bond donors (Lipinski definition) is 2. The van der Waals surface area contributed by atoms with Gasteiger partial charge in [0.2, 0.25) is 4.77 Å². The maximum Gasteiger partial charge on any atom is 0.216 e. The van der Waals surface area contributed by atoms with Crippen molar-refractivity contribution in [2.75, 3.05) is 0 Å². The molecule has 6 nitrogen and oxygen atoms in total. The van der Waals surface area contributed by atoms with Gasteiger partial charge in [-0.15, -0.1) is 0 Å². The number of nitrogens with one attached hydrogen (secondary N) is 1. The highest BCUT2D eigenvalue weighted by atomic mass is 79.9. The average molecular weight is 405 g/mol. The predicted molar refractivity (Wildman–Crippen MR) is 97.0 cm³/mol. The molecule has 122 valence electrons. The minimum atomic E-state index is 0.124. The Kier molecular flexibility index (Phi) is 5.07. The monoisotopic (exact) mass is 404 g/mol. The quantitative estimate of drug-likeness (QED) is 0.499. The molecule has 0 aliphatic carbocycles. The number of phenolic OH excluding ortho intramolecular Hbond substituents is 1. The number of rotatable bonds is 5. The van der Waals surface area contributed by atoms with Gasteiger partial charge in [0.25, 0.3) is 0 Å². The van der Waals surface area contributed by atoms with Gasteiger partial charge in [-0.2, -0.15) is 14.9 Å². The summed E-state index contributed by atoms with van der Waals surface area (Å²) in [5.74, 6) is 1.38. The van der Waals surface area contributed by atoms with E-state index in [4.69, 9.17) is 17.0 Å². The van der Waals surface area contributed by atoms with E-state index in [1.165, 1.54) is 10.9 Å². The van der Waals surface area contributed by atoms with Crippen LogP contribution in [0.15, 0.2) is 58.1 Å². The summed E-state index contributed by atoms with van der Waals surface area (Å²) in [5, 5.41) is 20.9. The van der Waals surface area contributed by atoms with E-state index in [1.807, 2.05) is 30.3 Å². The molecule has 0 bridgehead atoms. The molecular formula is C16H13BrN4O2S. The summed E-state index contributed by atoms with van der Waals surface area (Å²) in [7, 11) is 0. The largest absolute Gasteiger partial charge is 0.507 e. The third-order valence-electron chi connectivity index (χ3n) is 3.13. The summed E-state index contributed by atoms with van der Waals surface area (Å²) < 4.78 is 8.30. The van der Waals surface area contributed by atoms with Crippen LogP contribution in [0, 0.1) is 4.77 Å². The van der Waals surface area contributed by atoms with Crippen LogP contribution in [0.25, 0.3) is 0 Å². The van der Waals surface area contributed by atoms with E-state index in [2.05, 4.69) is 31.2 Å². The molecule has 2 aromatic carbocycles. The van der Waals surface area contributed by atoms with Crippen LogP contribution < -0.4 is 4.74 Å². The fourth-order valence-electron chi connectivity index (χ4n) is 1.95. The molecule has 2 N–H and O–H groups in total. The molecule has 1 heterocycles. The van der Waals surface area contributed by atoms with Crippen molar-refractivity contribution >= 4 is 34.4 Å². The van der Waals surface area contributed by atoms with Crippen molar-refractivity contribution in [3.05, 3.63) is 69.2 Å². The highest BCUT2D eigenvalue weighted by Gasteiger charge is 2.07. The van der Waals surface area contributed by atoms with Crippen molar-refractivity contribution in [3.63, 3.8) is 0 Å². The first kappa shape index (κ1) is 16.4. The first-order valence-electron chi connectivity index (χ1n) is 7.00. The number of H-pyrrole nitrogens is 1. The molecule has 24 heavy (non-hydrogen) atoms. The molecule has 0 saturated heterocycles. The highest BCUT2D eigenvalue weighted by Crippen LogP contribution is 2.20. The second kappa shape index (κ2) is 7.41. The van der Waals surface area contributed by atoms with Crippen molar-refractivity contribution in [1.29, 1.82) is 0 Å². The topological polar surface area (TPSA) is 75.4 Å². The minimum Gasteiger partial charge on any atom is -0.507 e. The molecule has 0 aliphatic heterocycles. The number of aromatic nitrogens is 3. The van der Waals surface area contributed by atoms with Gasteiger partial charge in [0.1, 0.15) is 18.1 Å². The molecule has 8 heteroatoms. The van der Waals surface area contributed by atoms with Crippen LogP contribution in [0.3, 0.4) is 0 Å². The zero-order valence-corrected chi connectivity index (χ0v) is 14.8. The number of para-hydroxylation sites is 1. The first-order valence-corrected chi connectivity index (χ1v) is 8.20. The SMILES string of the molecule is Oc1ccc(Br)cc1/C=N/n1c(COc2ccccc2)n[nH]c1=S. The number of nitrogens with zero attached hydrogens (tertiary/aromatic N) is 3. The molecule has 0 amide bonds. The zero-order valence-electron chi connectivity index (χ0n) is 12.4. The number of halogens is 1. The van der Waals surface area contributed by atoms with Crippen LogP contribution in [0.2, 0.25) is 0 Å². The van der Waals surface area contributed by atoms with Crippen LogP contribution in [-0.2, 0) is 6.61 Å². The molecule has 3 rings (SSSR count). The van der Waals surface area contributed by atoms with Crippen LogP contribution in [0.5, 0.6) is 11.5 Å². The van der Waals surface area contributed by atoms with Gasteiger partial charge in [-0.3, -0.25) is 0 Å². The van der Waals surface area contributed by atoms with Gasteiger partial charge < -0.3 is 9.84 Å². The number of ether oxygens (including phenoxy) is 1. The van der Waals surface area contributed by atoms with E-state index >= 15 is 0 Å². The van der Waals surface area contributed by atoms with Crippen LogP contribution in [0.4, 0.5) is 0 Å². The number of aromatic amines is 1. The van der Waals surface area contributed by atoms with Crippen molar-refractivity contribution in [2.24, 2.45) is 5.10 Å². The van der Waals surface area contributed by atoms with Crippen molar-refractivity contribution < 1.29 is 9.84 Å². The Morgan fingerprint density at radius 1 is 1.29 bits per heavy atom. The van der Waals surface area contributed by atoms with Crippen LogP contribution >= 0.6 is 28.1 Å². The summed E-state index contributed by atoms with van der Waals surface area (Å²) in [6.45, 7) is 0.207. The van der Waals surface area contributed by atoms with Gasteiger partial charge >= 0.3 is 0 Å². The van der Waals surface area contributed by atoms with Gasteiger partial charge in [-0.05, 0) is 42.5 Å². The normalized spacial score (nSPS) is 11.0. The molecule has 1 aromatic heterocycles. The lowest BCUT2D eigenvalue weighted by Gasteiger charge is -2.05. The second-order valence-electron chi connectivity index (χ2n) is 4.81. The maximum atomic E-state index is 9.86. The summed E-state index contributed by atoms with van der Waals surface area (Å²) in [6, 6.07) is 14.5. The summed E-state index contributed by atoms with van der Waals surface area (Å²) in [6.07, 6.45) is 1.51. The lowest BCUT2D eigenvalue weighted by atomic mass is 10.2. The zero-order chi connectivity index (χ0) is 16.9. The fourth-order valence-corrected chi connectivity index (χ4v) is 2.53. The van der Waals surface area contributed by atoms with Gasteiger partial charge in [-0.1, -0.05) is 34.1 Å². The highest BCUT2D eigenvalue weighted by molar-refractivity contribution is 9.10. The Morgan fingerprint density at radius 3 is 2.88 bits per heavy atom. The van der Waals surface area contributed by atoms with Gasteiger partial charge in [0, 0.05) is 10.0 Å². The lowest BCUT2D eigenvalue weighted by Crippen LogP contribution is -2.04. The summed E-state index contributed by atoms with van der Waals surface area (Å²) in [5.41, 5.74) is 0.558. The van der Waals surface area contributed by atoms with E-state index in [1.54, 1.807) is 18.2 Å². The van der Waals surface area contributed by atoms with Crippen molar-refractivity contribution in [3.8, 4) is 11.5 Å². The molecule has 0 atom stereocenters. The maximum absolute atomic E-state index is 9.86. The third kappa shape index (κ3) is 3.90. The van der Waals surface area contributed by atoms with Crippen LogP contribution in [0.1, 0.15) is 11.4 Å². The summed E-state index contributed by atoms with van der Waals surface area (Å²) >= 11 is 8.54. The Labute approximate surface area is 151 Å². The average Bonchev–Trinajstić information content (AvgIpc) is 2.95. The van der Waals surface area contributed by atoms with Crippen LogP contribution in [-0.4, -0.2) is 26.2 Å². The van der Waals surface area contributed by atoms with Gasteiger partial charge in [-0.25, -0.2) is 5.10 Å². The molecular weight excluding hydrogens is 392 g/mol. The Morgan fingerprint density at radius 2 is 2.08 bits per heavy atom. The van der Waals surface area contributed by atoms with Crippen molar-refractivity contribution in [1.82, 2.24) is 14.9 Å². The summed E-state index contributed by atoms with van der Waals surface area (Å²) in [4.78, 5) is 0. The molecule has 3 aromatic rings. The predicted octanol–water partition coefficient (Wildman–Crippen LogP) is 3.87. The molecule has 0 aliphatic rings. The van der Waals surface area contributed by atoms with E-state index in [9.17, 15) is 5.11 Å². The van der Waals surface area contributed by atoms with Crippen molar-refractivity contribution in [2.45, 2.75) is 6.61 Å².